The van der Waals surface area contributed by atoms with Crippen molar-refractivity contribution in [2.75, 3.05) is 6.61 Å². The van der Waals surface area contributed by atoms with Gasteiger partial charge in [-0.1, -0.05) is 57.8 Å². The summed E-state index contributed by atoms with van der Waals surface area (Å²) >= 11 is 0. The molecule has 0 amide bonds. The molecule has 0 aliphatic heterocycles. The maximum absolute atomic E-state index is 10.4. The van der Waals surface area contributed by atoms with E-state index in [4.69, 9.17) is 10.2 Å². The Hall–Kier alpha value is 0.986. The minimum atomic E-state index is -0.739. The summed E-state index contributed by atoms with van der Waals surface area (Å²) in [4.78, 5) is 10.4. The van der Waals surface area contributed by atoms with Crippen molar-refractivity contribution in [2.45, 2.75) is 102 Å². The van der Waals surface area contributed by atoms with Crippen LogP contribution >= 0.6 is 0 Å². The third-order valence-electron chi connectivity index (χ3n) is 4.24. The van der Waals surface area contributed by atoms with E-state index < -0.39 is 18.2 Å². The number of hydrogen-bond acceptors (Lipinski definition) is 4. The predicted molar refractivity (Wildman–Crippen MR) is 92.5 cm³/mol. The molecule has 4 N–H and O–H groups in total. The van der Waals surface area contributed by atoms with Crippen LogP contribution in [0.2, 0.25) is 0 Å². The van der Waals surface area contributed by atoms with E-state index in [2.05, 4.69) is 0 Å². The number of hydrogen-bond donors (Lipinski definition) is 4. The zero-order valence-electron chi connectivity index (χ0n) is 16.5. The smallest absolute Gasteiger partial charge is 1.00 e. The fourth-order valence-electron chi connectivity index (χ4n) is 2.72. The normalized spacial score (nSPS) is 13.3. The molecule has 0 aromatic carbocycles. The molecule has 0 aliphatic carbocycles. The van der Waals surface area contributed by atoms with Gasteiger partial charge in [0.25, 0.3) is 0 Å². The predicted octanol–water partition coefficient (Wildman–Crippen LogP) is 0.363. The molecule has 0 aliphatic rings. The van der Waals surface area contributed by atoms with Gasteiger partial charge in [0.1, 0.15) is 0 Å². The summed E-state index contributed by atoms with van der Waals surface area (Å²) in [5, 5.41) is 37.0. The molecule has 0 heterocycles. The van der Waals surface area contributed by atoms with Gasteiger partial charge in [0.05, 0.1) is 12.2 Å². The molecule has 0 radical (unpaired) electrons. The Morgan fingerprint density at radius 2 is 1.08 bits per heavy atom. The van der Waals surface area contributed by atoms with Crippen LogP contribution < -0.4 is 51.4 Å². The number of carbonyl (C=O) groups is 1. The van der Waals surface area contributed by atoms with Gasteiger partial charge in [0.2, 0.25) is 0 Å². The van der Waals surface area contributed by atoms with Gasteiger partial charge in [0, 0.05) is 13.0 Å². The van der Waals surface area contributed by atoms with Crippen LogP contribution in [0, 0.1) is 0 Å². The number of aliphatic carboxylic acids is 1. The van der Waals surface area contributed by atoms with Crippen LogP contribution in [0.5, 0.6) is 0 Å². The molecule has 0 bridgehead atoms. The third kappa shape index (κ3) is 19.3. The molecular formula is C18H37KO5. The Bertz CT molecular complexity index is 282. The molecule has 24 heavy (non-hydrogen) atoms. The molecule has 0 saturated carbocycles. The molecule has 2 atom stereocenters. The molecule has 0 saturated heterocycles. The number of aliphatic hydroxyl groups is 3. The largest absolute Gasteiger partial charge is 1.00 e. The van der Waals surface area contributed by atoms with Crippen LogP contribution in [-0.2, 0) is 4.79 Å². The zero-order valence-corrected chi connectivity index (χ0v) is 18.6. The van der Waals surface area contributed by atoms with Gasteiger partial charge < -0.3 is 21.9 Å². The molecule has 0 rings (SSSR count). The monoisotopic (exact) mass is 372 g/mol. The second-order valence-electron chi connectivity index (χ2n) is 6.47. The average molecular weight is 373 g/mol. The van der Waals surface area contributed by atoms with Crippen LogP contribution in [0.15, 0.2) is 0 Å². The van der Waals surface area contributed by atoms with Crippen molar-refractivity contribution >= 4 is 5.97 Å². The quantitative estimate of drug-likeness (QED) is 0.218. The maximum Gasteiger partial charge on any atom is 1.00 e. The molecule has 0 fully saturated rings. The van der Waals surface area contributed by atoms with Gasteiger partial charge in [-0.15, -0.1) is 0 Å². The first-order chi connectivity index (χ1) is 11.1. The van der Waals surface area contributed by atoms with Gasteiger partial charge in [-0.25, -0.2) is 0 Å². The molecule has 0 aromatic rings. The first-order valence-electron chi connectivity index (χ1n) is 9.26. The van der Waals surface area contributed by atoms with E-state index >= 15 is 0 Å². The Morgan fingerprint density at radius 3 is 1.50 bits per heavy atom. The van der Waals surface area contributed by atoms with Crippen LogP contribution in [-0.4, -0.2) is 45.2 Å². The van der Waals surface area contributed by atoms with Crippen molar-refractivity contribution in [2.24, 2.45) is 0 Å². The summed E-state index contributed by atoms with van der Waals surface area (Å²) in [6.07, 6.45) is 10.9. The number of carboxylic acid groups (broad SMARTS) is 1. The average Bonchev–Trinajstić information content (AvgIpc) is 2.52. The van der Waals surface area contributed by atoms with Gasteiger partial charge >= 0.3 is 57.4 Å². The van der Waals surface area contributed by atoms with Crippen LogP contribution in [0.1, 0.15) is 91.3 Å². The fourth-order valence-corrected chi connectivity index (χ4v) is 2.72. The maximum atomic E-state index is 10.4. The molecule has 5 nitrogen and oxygen atoms in total. The Kier molecular flexibility index (Phi) is 23.0. The van der Waals surface area contributed by atoms with E-state index in [0.29, 0.717) is 12.8 Å². The van der Waals surface area contributed by atoms with E-state index in [1.54, 1.807) is 0 Å². The van der Waals surface area contributed by atoms with Gasteiger partial charge in [-0.2, -0.15) is 0 Å². The number of carboxylic acids is 1. The summed E-state index contributed by atoms with van der Waals surface area (Å²) in [7, 11) is 0. The van der Waals surface area contributed by atoms with Crippen molar-refractivity contribution in [3.05, 3.63) is 0 Å². The molecule has 140 valence electrons. The summed E-state index contributed by atoms with van der Waals surface area (Å²) < 4.78 is 0. The molecule has 2 unspecified atom stereocenters. The Labute approximate surface area is 191 Å². The summed E-state index contributed by atoms with van der Waals surface area (Å²) in [5.41, 5.74) is 0. The van der Waals surface area contributed by atoms with Gasteiger partial charge in [0.15, 0.2) is 0 Å². The zero-order chi connectivity index (χ0) is 17.3. The molecular weight excluding hydrogens is 335 g/mol. The first kappa shape index (κ1) is 27.2. The van der Waals surface area contributed by atoms with Crippen molar-refractivity contribution in [1.82, 2.24) is 0 Å². The van der Waals surface area contributed by atoms with E-state index in [0.717, 1.165) is 70.6 Å². The molecule has 0 spiro atoms. The number of rotatable bonds is 17. The second-order valence-corrected chi connectivity index (χ2v) is 6.47. The third-order valence-corrected chi connectivity index (χ3v) is 4.24. The minimum Gasteiger partial charge on any atom is -1.00 e. The van der Waals surface area contributed by atoms with E-state index in [9.17, 15) is 15.0 Å². The van der Waals surface area contributed by atoms with E-state index in [1.807, 2.05) is 0 Å². The number of aliphatic hydroxyl groups excluding tert-OH is 3. The Morgan fingerprint density at radius 1 is 0.708 bits per heavy atom. The Balaban J connectivity index is -0.00000242. The van der Waals surface area contributed by atoms with Crippen LogP contribution in [0.3, 0.4) is 0 Å². The summed E-state index contributed by atoms with van der Waals surface area (Å²) in [6.45, 7) is 0.268. The number of unbranched alkanes of at least 4 members (excludes halogenated alkanes) is 9. The van der Waals surface area contributed by atoms with Crippen LogP contribution in [0.25, 0.3) is 0 Å². The van der Waals surface area contributed by atoms with Gasteiger partial charge in [-0.3, -0.25) is 4.79 Å². The first-order valence-corrected chi connectivity index (χ1v) is 9.26. The summed E-state index contributed by atoms with van der Waals surface area (Å²) in [5.74, 6) is -0.739. The van der Waals surface area contributed by atoms with Crippen molar-refractivity contribution in [3.8, 4) is 0 Å². The van der Waals surface area contributed by atoms with Crippen molar-refractivity contribution in [3.63, 3.8) is 0 Å². The molecule has 0 aromatic heterocycles. The van der Waals surface area contributed by atoms with Crippen molar-refractivity contribution < 1.29 is 78.0 Å². The fraction of sp³-hybridized carbons (Fsp3) is 0.944. The minimum absolute atomic E-state index is 0. The SMILES string of the molecule is O=C(O)CCCCCCCC(O)C(O)CCCCCCCCO.[H-].[K+]. The second kappa shape index (κ2) is 20.3. The standard InChI is InChI=1S/C18H36O5.K.H/c19-15-11-7-2-1-4-8-12-16(20)17(21)13-9-5-3-6-10-14-18(22)23;;/h16-17,19-21H,1-15H2,(H,22,23);;/q;+1;-1. The van der Waals surface area contributed by atoms with Crippen LogP contribution in [0.4, 0.5) is 0 Å². The van der Waals surface area contributed by atoms with E-state index in [1.165, 1.54) is 0 Å². The van der Waals surface area contributed by atoms with E-state index in [-0.39, 0.29) is 65.8 Å². The topological polar surface area (TPSA) is 98.0 Å². The van der Waals surface area contributed by atoms with Crippen molar-refractivity contribution in [1.29, 1.82) is 0 Å². The van der Waals surface area contributed by atoms with Gasteiger partial charge in [-0.05, 0) is 25.7 Å². The summed E-state index contributed by atoms with van der Waals surface area (Å²) in [6, 6.07) is 0. The molecule has 6 heteroatoms.